The fourth-order valence-corrected chi connectivity index (χ4v) is 3.20. The number of rotatable bonds is 8. The number of aryl methyl sites for hydroxylation is 2. The van der Waals surface area contributed by atoms with Crippen molar-refractivity contribution in [2.75, 3.05) is 6.61 Å². The van der Waals surface area contributed by atoms with Crippen molar-refractivity contribution in [1.29, 1.82) is 0 Å². The van der Waals surface area contributed by atoms with Crippen LogP contribution in [-0.2, 0) is 17.6 Å². The van der Waals surface area contributed by atoms with E-state index in [1.807, 2.05) is 45.0 Å². The van der Waals surface area contributed by atoms with Gasteiger partial charge in [-0.15, -0.1) is 0 Å². The van der Waals surface area contributed by atoms with Crippen LogP contribution >= 0.6 is 0 Å². The molecule has 2 rings (SSSR count). The molecule has 0 aliphatic carbocycles. The SMILES string of the molecule is Cc1cc(CCC(CO)Cc2ccc(C(=O)OC(C)(C)C)cc2)ccc1C(=O)O. The van der Waals surface area contributed by atoms with Gasteiger partial charge in [0.1, 0.15) is 5.60 Å². The number of aliphatic hydroxyl groups excluding tert-OH is 1. The minimum Gasteiger partial charge on any atom is -0.478 e. The average Bonchev–Trinajstić information content (AvgIpc) is 2.64. The Bertz CT molecular complexity index is 847. The molecule has 0 saturated heterocycles. The Morgan fingerprint density at radius 1 is 1.03 bits per heavy atom. The van der Waals surface area contributed by atoms with E-state index < -0.39 is 11.6 Å². The number of benzene rings is 2. The van der Waals surface area contributed by atoms with Crippen LogP contribution in [0.4, 0.5) is 0 Å². The second-order valence-corrected chi connectivity index (χ2v) is 8.44. The number of carbonyl (C=O) groups is 2. The molecular formula is C24H30O5. The van der Waals surface area contributed by atoms with Gasteiger partial charge < -0.3 is 14.9 Å². The molecule has 0 amide bonds. The van der Waals surface area contributed by atoms with Crippen LogP contribution in [0.5, 0.6) is 0 Å². The number of aliphatic hydroxyl groups is 1. The molecule has 0 aromatic heterocycles. The van der Waals surface area contributed by atoms with Crippen LogP contribution in [0.15, 0.2) is 42.5 Å². The monoisotopic (exact) mass is 398 g/mol. The highest BCUT2D eigenvalue weighted by Crippen LogP contribution is 2.19. The molecule has 0 aliphatic rings. The second kappa shape index (κ2) is 9.70. The van der Waals surface area contributed by atoms with Gasteiger partial charge in [-0.25, -0.2) is 9.59 Å². The molecular weight excluding hydrogens is 368 g/mol. The number of hydrogen-bond donors (Lipinski definition) is 2. The quantitative estimate of drug-likeness (QED) is 0.643. The summed E-state index contributed by atoms with van der Waals surface area (Å²) in [6, 6.07) is 12.7. The Kier molecular flexibility index (Phi) is 7.57. The van der Waals surface area contributed by atoms with Crippen LogP contribution in [0.25, 0.3) is 0 Å². The molecule has 0 saturated carbocycles. The van der Waals surface area contributed by atoms with Gasteiger partial charge in [-0.2, -0.15) is 0 Å². The topological polar surface area (TPSA) is 83.8 Å². The Balaban J connectivity index is 1.95. The van der Waals surface area contributed by atoms with E-state index in [4.69, 9.17) is 9.84 Å². The maximum Gasteiger partial charge on any atom is 0.338 e. The summed E-state index contributed by atoms with van der Waals surface area (Å²) in [7, 11) is 0. The highest BCUT2D eigenvalue weighted by atomic mass is 16.6. The minimum absolute atomic E-state index is 0.0695. The molecule has 156 valence electrons. The first-order valence-electron chi connectivity index (χ1n) is 9.85. The highest BCUT2D eigenvalue weighted by molar-refractivity contribution is 5.90. The summed E-state index contributed by atoms with van der Waals surface area (Å²) in [4.78, 5) is 23.2. The molecule has 2 aromatic rings. The van der Waals surface area contributed by atoms with E-state index in [2.05, 4.69) is 0 Å². The van der Waals surface area contributed by atoms with Crippen molar-refractivity contribution in [3.05, 3.63) is 70.3 Å². The van der Waals surface area contributed by atoms with Crippen molar-refractivity contribution < 1.29 is 24.5 Å². The molecule has 5 nitrogen and oxygen atoms in total. The maximum atomic E-state index is 12.1. The Hall–Kier alpha value is -2.66. The van der Waals surface area contributed by atoms with Crippen LogP contribution < -0.4 is 0 Å². The van der Waals surface area contributed by atoms with E-state index in [0.717, 1.165) is 29.5 Å². The average molecular weight is 398 g/mol. The van der Waals surface area contributed by atoms with Crippen LogP contribution in [0, 0.1) is 12.8 Å². The first-order valence-corrected chi connectivity index (χ1v) is 9.85. The third-order valence-electron chi connectivity index (χ3n) is 4.73. The summed E-state index contributed by atoms with van der Waals surface area (Å²) >= 11 is 0. The number of carboxylic acid groups (broad SMARTS) is 1. The number of esters is 1. The summed E-state index contributed by atoms with van der Waals surface area (Å²) in [5.41, 5.74) is 3.16. The van der Waals surface area contributed by atoms with E-state index in [-0.39, 0.29) is 18.5 Å². The summed E-state index contributed by atoms with van der Waals surface area (Å²) < 4.78 is 5.37. The molecule has 2 aromatic carbocycles. The zero-order valence-corrected chi connectivity index (χ0v) is 17.6. The van der Waals surface area contributed by atoms with E-state index in [9.17, 15) is 14.7 Å². The van der Waals surface area contributed by atoms with Crippen molar-refractivity contribution in [3.8, 4) is 0 Å². The Morgan fingerprint density at radius 3 is 2.17 bits per heavy atom. The molecule has 0 heterocycles. The largest absolute Gasteiger partial charge is 0.478 e. The molecule has 0 aliphatic heterocycles. The lowest BCUT2D eigenvalue weighted by Crippen LogP contribution is -2.23. The van der Waals surface area contributed by atoms with Crippen molar-refractivity contribution >= 4 is 11.9 Å². The van der Waals surface area contributed by atoms with Gasteiger partial charge in [-0.05, 0) is 87.8 Å². The van der Waals surface area contributed by atoms with E-state index in [0.29, 0.717) is 17.5 Å². The molecule has 29 heavy (non-hydrogen) atoms. The van der Waals surface area contributed by atoms with Crippen LogP contribution in [0.3, 0.4) is 0 Å². The smallest absolute Gasteiger partial charge is 0.338 e. The van der Waals surface area contributed by atoms with Crippen molar-refractivity contribution in [2.24, 2.45) is 5.92 Å². The molecule has 2 N–H and O–H groups in total. The number of hydrogen-bond acceptors (Lipinski definition) is 4. The van der Waals surface area contributed by atoms with Crippen molar-refractivity contribution in [2.45, 2.75) is 52.6 Å². The Morgan fingerprint density at radius 2 is 1.66 bits per heavy atom. The van der Waals surface area contributed by atoms with E-state index in [1.165, 1.54) is 0 Å². The predicted octanol–water partition coefficient (Wildman–Crippen LogP) is 4.43. The standard InChI is InChI=1S/C24H30O5/c1-16-13-17(9-12-21(16)22(26)27)5-6-19(15-25)14-18-7-10-20(11-8-18)23(28)29-24(2,3)4/h7-13,19,25H,5-6,14-15H2,1-4H3,(H,26,27). The number of ether oxygens (including phenoxy) is 1. The third kappa shape index (κ3) is 7.02. The van der Waals surface area contributed by atoms with Crippen molar-refractivity contribution in [1.82, 2.24) is 0 Å². The van der Waals surface area contributed by atoms with Gasteiger partial charge in [-0.1, -0.05) is 24.3 Å². The van der Waals surface area contributed by atoms with Gasteiger partial charge in [0.2, 0.25) is 0 Å². The van der Waals surface area contributed by atoms with Crippen LogP contribution in [-0.4, -0.2) is 34.4 Å². The van der Waals surface area contributed by atoms with Gasteiger partial charge in [0.15, 0.2) is 0 Å². The number of carbonyl (C=O) groups excluding carboxylic acids is 1. The lowest BCUT2D eigenvalue weighted by Gasteiger charge is -2.19. The summed E-state index contributed by atoms with van der Waals surface area (Å²) in [6.45, 7) is 7.37. The fourth-order valence-electron chi connectivity index (χ4n) is 3.20. The van der Waals surface area contributed by atoms with Gasteiger partial charge in [0.25, 0.3) is 0 Å². The molecule has 1 unspecified atom stereocenters. The van der Waals surface area contributed by atoms with Crippen LogP contribution in [0.1, 0.15) is 64.6 Å². The first-order chi connectivity index (χ1) is 13.6. The third-order valence-corrected chi connectivity index (χ3v) is 4.73. The van der Waals surface area contributed by atoms with Gasteiger partial charge in [-0.3, -0.25) is 0 Å². The Labute approximate surface area is 172 Å². The number of aromatic carboxylic acids is 1. The van der Waals surface area contributed by atoms with Crippen molar-refractivity contribution in [3.63, 3.8) is 0 Å². The molecule has 0 radical (unpaired) electrons. The molecule has 0 fully saturated rings. The summed E-state index contributed by atoms with van der Waals surface area (Å²) in [6.07, 6.45) is 2.26. The van der Waals surface area contributed by atoms with Gasteiger partial charge >= 0.3 is 11.9 Å². The predicted molar refractivity (Wildman–Crippen MR) is 112 cm³/mol. The van der Waals surface area contributed by atoms with Gasteiger partial charge in [0, 0.05) is 6.61 Å². The molecule has 0 spiro atoms. The second-order valence-electron chi connectivity index (χ2n) is 8.44. The zero-order chi connectivity index (χ0) is 21.6. The molecule has 0 bridgehead atoms. The zero-order valence-electron chi connectivity index (χ0n) is 17.6. The molecule has 5 heteroatoms. The van der Waals surface area contributed by atoms with Crippen LogP contribution in [0.2, 0.25) is 0 Å². The summed E-state index contributed by atoms with van der Waals surface area (Å²) in [5.74, 6) is -1.18. The fraction of sp³-hybridized carbons (Fsp3) is 0.417. The summed E-state index contributed by atoms with van der Waals surface area (Å²) in [5, 5.41) is 18.9. The maximum absolute atomic E-state index is 12.1. The van der Waals surface area contributed by atoms with Gasteiger partial charge in [0.05, 0.1) is 11.1 Å². The minimum atomic E-state index is -0.919. The molecule has 1 atom stereocenters. The van der Waals surface area contributed by atoms with E-state index >= 15 is 0 Å². The lowest BCUT2D eigenvalue weighted by atomic mass is 9.92. The highest BCUT2D eigenvalue weighted by Gasteiger charge is 2.18. The lowest BCUT2D eigenvalue weighted by molar-refractivity contribution is 0.00693. The number of carboxylic acids is 1. The first kappa shape index (κ1) is 22.6. The normalized spacial score (nSPS) is 12.4. The van der Waals surface area contributed by atoms with E-state index in [1.54, 1.807) is 25.1 Å².